The van der Waals surface area contributed by atoms with Crippen molar-refractivity contribution in [2.24, 2.45) is 0 Å². The number of hydrogen-bond donors (Lipinski definition) is 2. The third-order valence-corrected chi connectivity index (χ3v) is 3.43. The van der Waals surface area contributed by atoms with Crippen LogP contribution in [0.5, 0.6) is 5.75 Å². The second kappa shape index (κ2) is 4.42. The number of nitrogens with one attached hydrogen (secondary N) is 2. The van der Waals surface area contributed by atoms with E-state index in [-0.39, 0.29) is 22.2 Å². The number of fused-ring (bicyclic) bond motifs is 1. The van der Waals surface area contributed by atoms with Gasteiger partial charge in [0.05, 0.1) is 11.4 Å². The zero-order chi connectivity index (χ0) is 15.3. The topological polar surface area (TPSA) is 54.1 Å². The number of alkyl halides is 3. The second-order valence-electron chi connectivity index (χ2n) is 4.49. The van der Waals surface area contributed by atoms with Crippen LogP contribution in [0.2, 0.25) is 5.02 Å². The van der Waals surface area contributed by atoms with Crippen molar-refractivity contribution in [2.45, 2.75) is 11.7 Å². The van der Waals surface area contributed by atoms with E-state index in [9.17, 15) is 18.0 Å². The molecule has 2 heterocycles. The van der Waals surface area contributed by atoms with E-state index in [1.165, 1.54) is 30.5 Å². The normalized spacial score (nSPS) is 21.4. The number of halogens is 4. The minimum Gasteiger partial charge on any atom is -0.422 e. The maximum Gasteiger partial charge on any atom is 0.428 e. The first-order chi connectivity index (χ1) is 9.84. The molecule has 2 aromatic rings. The van der Waals surface area contributed by atoms with E-state index in [4.69, 9.17) is 16.3 Å². The van der Waals surface area contributed by atoms with E-state index in [0.717, 1.165) is 6.07 Å². The standard InChI is InChI=1S/C13H8ClF3N2O2/c14-7-3-4-9-8(6-7)19-12(11(20)21-9,13(15,16)17)10-2-1-5-18-10/h1-6,18-19H/t12-/m1/s1. The lowest BCUT2D eigenvalue weighted by Crippen LogP contribution is -2.59. The number of aromatic nitrogens is 1. The van der Waals surface area contributed by atoms with Crippen LogP contribution >= 0.6 is 11.6 Å². The van der Waals surface area contributed by atoms with Gasteiger partial charge in [0.2, 0.25) is 0 Å². The van der Waals surface area contributed by atoms with E-state index < -0.39 is 17.7 Å². The molecule has 21 heavy (non-hydrogen) atoms. The number of benzene rings is 1. The lowest BCUT2D eigenvalue weighted by atomic mass is 9.92. The number of hydrogen-bond acceptors (Lipinski definition) is 3. The summed E-state index contributed by atoms with van der Waals surface area (Å²) in [5.41, 5.74) is -3.35. The zero-order valence-electron chi connectivity index (χ0n) is 10.3. The van der Waals surface area contributed by atoms with Crippen LogP contribution < -0.4 is 10.1 Å². The SMILES string of the molecule is O=C1Oc2ccc(Cl)cc2N[C@@]1(c1ccc[nH]1)C(F)(F)F. The molecule has 0 spiro atoms. The first-order valence-electron chi connectivity index (χ1n) is 5.85. The number of ether oxygens (including phenoxy) is 1. The predicted octanol–water partition coefficient (Wildman–Crippen LogP) is 3.46. The Balaban J connectivity index is 2.20. The summed E-state index contributed by atoms with van der Waals surface area (Å²) >= 11 is 5.78. The molecular formula is C13H8ClF3N2O2. The smallest absolute Gasteiger partial charge is 0.422 e. The summed E-state index contributed by atoms with van der Waals surface area (Å²) in [6.45, 7) is 0. The fourth-order valence-corrected chi connectivity index (χ4v) is 2.37. The van der Waals surface area contributed by atoms with Gasteiger partial charge < -0.3 is 15.0 Å². The highest BCUT2D eigenvalue weighted by Crippen LogP contribution is 2.47. The summed E-state index contributed by atoms with van der Waals surface area (Å²) in [4.78, 5) is 14.5. The van der Waals surface area contributed by atoms with Crippen LogP contribution in [0.4, 0.5) is 18.9 Å². The van der Waals surface area contributed by atoms with Crippen LogP contribution in [0.15, 0.2) is 36.5 Å². The fourth-order valence-electron chi connectivity index (χ4n) is 2.20. The Morgan fingerprint density at radius 1 is 1.24 bits per heavy atom. The highest BCUT2D eigenvalue weighted by atomic mass is 35.5. The van der Waals surface area contributed by atoms with Crippen molar-refractivity contribution in [1.29, 1.82) is 0 Å². The van der Waals surface area contributed by atoms with Gasteiger partial charge in [-0.15, -0.1) is 0 Å². The molecule has 0 aliphatic carbocycles. The number of carbonyl (C=O) groups is 1. The van der Waals surface area contributed by atoms with Crippen LogP contribution in [0.25, 0.3) is 0 Å². The van der Waals surface area contributed by atoms with Gasteiger partial charge in [0, 0.05) is 11.2 Å². The molecule has 0 radical (unpaired) electrons. The monoisotopic (exact) mass is 316 g/mol. The molecule has 8 heteroatoms. The van der Waals surface area contributed by atoms with Crippen LogP contribution in [0, 0.1) is 0 Å². The fraction of sp³-hybridized carbons (Fsp3) is 0.154. The second-order valence-corrected chi connectivity index (χ2v) is 4.92. The predicted molar refractivity (Wildman–Crippen MR) is 69.2 cm³/mol. The maximum atomic E-state index is 13.6. The molecule has 1 aromatic carbocycles. The van der Waals surface area contributed by atoms with Crippen molar-refractivity contribution in [1.82, 2.24) is 4.98 Å². The summed E-state index contributed by atoms with van der Waals surface area (Å²) < 4.78 is 45.6. The number of carbonyl (C=O) groups excluding carboxylic acids is 1. The van der Waals surface area contributed by atoms with E-state index in [2.05, 4.69) is 10.3 Å². The molecule has 0 fully saturated rings. The summed E-state index contributed by atoms with van der Waals surface area (Å²) in [6.07, 6.45) is -3.61. The van der Waals surface area contributed by atoms with E-state index in [1.54, 1.807) is 0 Å². The molecule has 4 nitrogen and oxygen atoms in total. The zero-order valence-corrected chi connectivity index (χ0v) is 11.0. The van der Waals surface area contributed by atoms with Crippen molar-refractivity contribution in [3.8, 4) is 5.75 Å². The third-order valence-electron chi connectivity index (χ3n) is 3.20. The average molecular weight is 317 g/mol. The van der Waals surface area contributed by atoms with Crippen LogP contribution in [0.1, 0.15) is 5.69 Å². The molecule has 110 valence electrons. The number of H-pyrrole nitrogens is 1. The van der Waals surface area contributed by atoms with E-state index in [0.29, 0.717) is 0 Å². The largest absolute Gasteiger partial charge is 0.428 e. The van der Waals surface area contributed by atoms with Crippen molar-refractivity contribution in [2.75, 3.05) is 5.32 Å². The summed E-state index contributed by atoms with van der Waals surface area (Å²) in [5.74, 6) is -1.46. The van der Waals surface area contributed by atoms with E-state index in [1.807, 2.05) is 0 Å². The lowest BCUT2D eigenvalue weighted by molar-refractivity contribution is -0.199. The van der Waals surface area contributed by atoms with Crippen LogP contribution in [0.3, 0.4) is 0 Å². The molecule has 2 N–H and O–H groups in total. The van der Waals surface area contributed by atoms with Crippen molar-refractivity contribution in [3.63, 3.8) is 0 Å². The first kappa shape index (κ1) is 13.8. The Kier molecular flexibility index (Phi) is 2.91. The lowest BCUT2D eigenvalue weighted by Gasteiger charge is -2.37. The Bertz CT molecular complexity index is 700. The highest BCUT2D eigenvalue weighted by molar-refractivity contribution is 6.31. The third kappa shape index (κ3) is 1.96. The van der Waals surface area contributed by atoms with Gasteiger partial charge in [0.1, 0.15) is 0 Å². The van der Waals surface area contributed by atoms with Gasteiger partial charge in [-0.2, -0.15) is 13.2 Å². The first-order valence-corrected chi connectivity index (χ1v) is 6.23. The summed E-state index contributed by atoms with van der Waals surface area (Å²) in [5, 5.41) is 2.45. The Morgan fingerprint density at radius 3 is 2.62 bits per heavy atom. The molecule has 0 saturated heterocycles. The minimum absolute atomic E-state index is 0.00386. The molecule has 1 aromatic heterocycles. The quantitative estimate of drug-likeness (QED) is 0.626. The average Bonchev–Trinajstić information content (AvgIpc) is 2.91. The molecule has 1 atom stereocenters. The molecular weight excluding hydrogens is 309 g/mol. The van der Waals surface area contributed by atoms with Gasteiger partial charge in [0.25, 0.3) is 5.54 Å². The molecule has 0 bridgehead atoms. The van der Waals surface area contributed by atoms with Crippen LogP contribution in [-0.2, 0) is 10.3 Å². The van der Waals surface area contributed by atoms with Crippen LogP contribution in [-0.4, -0.2) is 17.1 Å². The highest BCUT2D eigenvalue weighted by Gasteiger charge is 2.65. The van der Waals surface area contributed by atoms with Gasteiger partial charge in [-0.05, 0) is 30.3 Å². The number of rotatable bonds is 1. The molecule has 0 amide bonds. The van der Waals surface area contributed by atoms with Crippen molar-refractivity contribution >= 4 is 23.3 Å². The Labute approximate surface area is 121 Å². The van der Waals surface area contributed by atoms with E-state index >= 15 is 0 Å². The Morgan fingerprint density at radius 2 is 2.00 bits per heavy atom. The molecule has 1 aliphatic rings. The summed E-state index contributed by atoms with van der Waals surface area (Å²) in [6, 6.07) is 6.55. The van der Waals surface area contributed by atoms with Gasteiger partial charge in [-0.3, -0.25) is 0 Å². The Hall–Kier alpha value is -2.15. The van der Waals surface area contributed by atoms with Crippen molar-refractivity contribution in [3.05, 3.63) is 47.2 Å². The molecule has 0 saturated carbocycles. The number of esters is 1. The van der Waals surface area contributed by atoms with Crippen molar-refractivity contribution < 1.29 is 22.7 Å². The van der Waals surface area contributed by atoms with Gasteiger partial charge in [0.15, 0.2) is 5.75 Å². The number of aromatic amines is 1. The van der Waals surface area contributed by atoms with Gasteiger partial charge >= 0.3 is 12.1 Å². The van der Waals surface area contributed by atoms with Gasteiger partial charge in [-0.25, -0.2) is 4.79 Å². The summed E-state index contributed by atoms with van der Waals surface area (Å²) in [7, 11) is 0. The van der Waals surface area contributed by atoms with Gasteiger partial charge in [-0.1, -0.05) is 11.6 Å². The minimum atomic E-state index is -4.91. The molecule has 0 unspecified atom stereocenters. The molecule has 3 rings (SSSR count). The molecule has 1 aliphatic heterocycles. The number of anilines is 1. The maximum absolute atomic E-state index is 13.6.